The first-order valence-corrected chi connectivity index (χ1v) is 13.2. The number of aliphatic hydroxyl groups excluding tert-OH is 1. The Kier molecular flexibility index (Phi) is 9.69. The molecule has 1 unspecified atom stereocenters. The van der Waals surface area contributed by atoms with Gasteiger partial charge in [-0.3, -0.25) is 19.2 Å². The van der Waals surface area contributed by atoms with Crippen LogP contribution in [0.15, 0.2) is 46.8 Å². The second-order valence-corrected chi connectivity index (χ2v) is 11.9. The standard InChI is InChI=1S/C31H42O8/c1-18(2)10-12-30-16-29(28(37)39-9,15-21(7)26(35)38-8)17-31(27(30)36,13-11-19(3)4)25(34)23(24(30)33)22(32)14-20(5)6/h10-11,20,33H,7,12-17H2,1-6,8-9H3/t29-,30-,31?/m1/s1. The fraction of sp³-hybridized carbons (Fsp3) is 0.581. The number of esters is 2. The Labute approximate surface area is 231 Å². The van der Waals surface area contributed by atoms with Crippen LogP contribution in [0.3, 0.4) is 0 Å². The SMILES string of the molecule is C=C(C[C@]1(C(=O)OC)CC2(CC=C(C)C)C(=O)C(C(=O)CC(C)C)=C(O)[C@@](CC=C(C)C)(C1)C2=O)C(=O)OC. The number of ketones is 3. The van der Waals surface area contributed by atoms with Crippen molar-refractivity contribution in [3.8, 4) is 0 Å². The zero-order valence-corrected chi connectivity index (χ0v) is 24.5. The normalized spacial score (nSPS) is 26.2. The third-order valence-electron chi connectivity index (χ3n) is 7.74. The third kappa shape index (κ3) is 5.85. The molecule has 0 heterocycles. The molecule has 0 aliphatic heterocycles. The maximum atomic E-state index is 14.5. The van der Waals surface area contributed by atoms with Crippen LogP contribution in [0.1, 0.15) is 80.1 Å². The zero-order valence-electron chi connectivity index (χ0n) is 24.5. The molecule has 0 spiro atoms. The Morgan fingerprint density at radius 1 is 0.949 bits per heavy atom. The van der Waals surface area contributed by atoms with E-state index in [0.717, 1.165) is 11.1 Å². The van der Waals surface area contributed by atoms with Crippen LogP contribution in [0.25, 0.3) is 0 Å². The van der Waals surface area contributed by atoms with Gasteiger partial charge in [-0.05, 0) is 65.7 Å². The molecule has 0 aromatic carbocycles. The van der Waals surface area contributed by atoms with E-state index in [1.165, 1.54) is 14.2 Å². The van der Waals surface area contributed by atoms with Gasteiger partial charge < -0.3 is 14.6 Å². The van der Waals surface area contributed by atoms with Crippen molar-refractivity contribution in [1.29, 1.82) is 0 Å². The first-order chi connectivity index (χ1) is 18.0. The maximum Gasteiger partial charge on any atom is 0.333 e. The van der Waals surface area contributed by atoms with Crippen LogP contribution in [-0.2, 0) is 33.4 Å². The van der Waals surface area contributed by atoms with Crippen LogP contribution in [0.2, 0.25) is 0 Å². The Morgan fingerprint density at radius 2 is 1.46 bits per heavy atom. The van der Waals surface area contributed by atoms with E-state index in [1.54, 1.807) is 12.2 Å². The van der Waals surface area contributed by atoms with E-state index in [0.29, 0.717) is 0 Å². The summed E-state index contributed by atoms with van der Waals surface area (Å²) in [7, 11) is 2.38. The fourth-order valence-electron chi connectivity index (χ4n) is 5.99. The average Bonchev–Trinajstić information content (AvgIpc) is 2.85. The van der Waals surface area contributed by atoms with Gasteiger partial charge in [0.15, 0.2) is 17.3 Å². The summed E-state index contributed by atoms with van der Waals surface area (Å²) >= 11 is 0. The van der Waals surface area contributed by atoms with E-state index in [4.69, 9.17) is 9.47 Å². The number of rotatable bonds is 11. The number of hydrogen-bond donors (Lipinski definition) is 1. The van der Waals surface area contributed by atoms with Crippen LogP contribution in [0.5, 0.6) is 0 Å². The molecule has 1 fully saturated rings. The van der Waals surface area contributed by atoms with E-state index in [2.05, 4.69) is 6.58 Å². The van der Waals surface area contributed by atoms with Gasteiger partial charge in [-0.1, -0.05) is 43.7 Å². The molecule has 2 aliphatic carbocycles. The third-order valence-corrected chi connectivity index (χ3v) is 7.74. The second kappa shape index (κ2) is 11.8. The topological polar surface area (TPSA) is 124 Å². The van der Waals surface area contributed by atoms with Crippen molar-refractivity contribution in [2.45, 2.75) is 80.1 Å². The lowest BCUT2D eigenvalue weighted by atomic mass is 9.44. The van der Waals surface area contributed by atoms with E-state index in [1.807, 2.05) is 41.5 Å². The number of methoxy groups -OCH3 is 2. The minimum absolute atomic E-state index is 0.0120. The quantitative estimate of drug-likeness (QED) is 0.122. The molecule has 2 aliphatic rings. The molecular weight excluding hydrogens is 500 g/mol. The maximum absolute atomic E-state index is 14.5. The van der Waals surface area contributed by atoms with Gasteiger partial charge in [-0.25, -0.2) is 4.79 Å². The van der Waals surface area contributed by atoms with Crippen molar-refractivity contribution in [3.05, 3.63) is 46.8 Å². The summed E-state index contributed by atoms with van der Waals surface area (Å²) in [4.78, 5) is 68.2. The molecule has 0 amide bonds. The zero-order chi connectivity index (χ0) is 29.9. The number of carbonyl (C=O) groups is 5. The molecule has 0 aromatic rings. The van der Waals surface area contributed by atoms with Gasteiger partial charge in [-0.15, -0.1) is 0 Å². The van der Waals surface area contributed by atoms with Crippen molar-refractivity contribution in [1.82, 2.24) is 0 Å². The van der Waals surface area contributed by atoms with Crippen LogP contribution in [-0.4, -0.2) is 48.6 Å². The average molecular weight is 543 g/mol. The van der Waals surface area contributed by atoms with Gasteiger partial charge in [0.25, 0.3) is 0 Å². The summed E-state index contributed by atoms with van der Waals surface area (Å²) in [5.41, 5.74) is -3.87. The molecule has 2 rings (SSSR count). The Morgan fingerprint density at radius 3 is 1.92 bits per heavy atom. The van der Waals surface area contributed by atoms with Gasteiger partial charge in [-0.2, -0.15) is 0 Å². The number of carbonyl (C=O) groups excluding carboxylic acids is 5. The minimum Gasteiger partial charge on any atom is -0.510 e. The number of allylic oxidation sites excluding steroid dienone is 6. The Hall–Kier alpha value is -3.29. The summed E-state index contributed by atoms with van der Waals surface area (Å²) < 4.78 is 10.0. The largest absolute Gasteiger partial charge is 0.510 e. The summed E-state index contributed by atoms with van der Waals surface area (Å²) in [5.74, 6) is -4.04. The molecule has 2 bridgehead atoms. The first kappa shape index (κ1) is 31.9. The highest BCUT2D eigenvalue weighted by molar-refractivity contribution is 6.31. The predicted molar refractivity (Wildman–Crippen MR) is 147 cm³/mol. The van der Waals surface area contributed by atoms with Gasteiger partial charge >= 0.3 is 11.9 Å². The van der Waals surface area contributed by atoms with Gasteiger partial charge in [0.1, 0.15) is 11.3 Å². The number of hydrogen-bond acceptors (Lipinski definition) is 8. The second-order valence-electron chi connectivity index (χ2n) is 11.9. The number of aliphatic hydroxyl groups is 1. The van der Waals surface area contributed by atoms with Crippen molar-refractivity contribution < 1.29 is 38.6 Å². The van der Waals surface area contributed by atoms with E-state index >= 15 is 0 Å². The lowest BCUT2D eigenvalue weighted by Crippen LogP contribution is -2.63. The highest BCUT2D eigenvalue weighted by Gasteiger charge is 2.70. The molecule has 1 N–H and O–H groups in total. The highest BCUT2D eigenvalue weighted by Crippen LogP contribution is 2.63. The lowest BCUT2D eigenvalue weighted by Gasteiger charge is -2.55. The molecule has 39 heavy (non-hydrogen) atoms. The van der Waals surface area contributed by atoms with Crippen molar-refractivity contribution in [2.24, 2.45) is 22.2 Å². The van der Waals surface area contributed by atoms with E-state index in [9.17, 15) is 29.1 Å². The fourth-order valence-corrected chi connectivity index (χ4v) is 5.99. The van der Waals surface area contributed by atoms with Crippen molar-refractivity contribution >= 4 is 29.3 Å². The lowest BCUT2D eigenvalue weighted by molar-refractivity contribution is -0.172. The predicted octanol–water partition coefficient (Wildman–Crippen LogP) is 5.32. The number of fused-ring (bicyclic) bond motifs is 2. The summed E-state index contributed by atoms with van der Waals surface area (Å²) in [6, 6.07) is 0. The molecule has 0 aromatic heterocycles. The van der Waals surface area contributed by atoms with Crippen LogP contribution in [0.4, 0.5) is 0 Å². The van der Waals surface area contributed by atoms with E-state index < -0.39 is 51.3 Å². The molecule has 0 radical (unpaired) electrons. The monoisotopic (exact) mass is 542 g/mol. The summed E-state index contributed by atoms with van der Waals surface area (Å²) in [6.45, 7) is 14.7. The summed E-state index contributed by atoms with van der Waals surface area (Å²) in [5, 5.41) is 11.7. The molecular formula is C31H42O8. The highest BCUT2D eigenvalue weighted by atomic mass is 16.5. The number of Topliss-reactive ketones (excluding diaryl/α,β-unsaturated/α-hetero) is 3. The van der Waals surface area contributed by atoms with Gasteiger partial charge in [0.05, 0.1) is 30.5 Å². The van der Waals surface area contributed by atoms with Gasteiger partial charge in [0.2, 0.25) is 0 Å². The minimum atomic E-state index is -1.83. The van der Waals surface area contributed by atoms with Crippen molar-refractivity contribution in [3.63, 3.8) is 0 Å². The van der Waals surface area contributed by atoms with Crippen molar-refractivity contribution in [2.75, 3.05) is 14.2 Å². The molecule has 8 heteroatoms. The first-order valence-electron chi connectivity index (χ1n) is 13.2. The van der Waals surface area contributed by atoms with Gasteiger partial charge in [0, 0.05) is 12.0 Å². The Bertz CT molecular complexity index is 1170. The van der Waals surface area contributed by atoms with E-state index in [-0.39, 0.29) is 55.6 Å². The molecule has 1 saturated carbocycles. The molecule has 0 saturated heterocycles. The number of ether oxygens (including phenoxy) is 2. The molecule has 8 nitrogen and oxygen atoms in total. The molecule has 214 valence electrons. The van der Waals surface area contributed by atoms with Crippen LogP contribution < -0.4 is 0 Å². The Balaban J connectivity index is 3.04. The molecule has 3 atom stereocenters. The summed E-state index contributed by atoms with van der Waals surface area (Å²) in [6.07, 6.45) is 2.58. The smallest absolute Gasteiger partial charge is 0.333 e. The van der Waals surface area contributed by atoms with Crippen LogP contribution >= 0.6 is 0 Å². The van der Waals surface area contributed by atoms with Crippen LogP contribution in [0, 0.1) is 22.2 Å².